The summed E-state index contributed by atoms with van der Waals surface area (Å²) < 4.78 is 11.9. The number of hydrogen-bond donors (Lipinski definition) is 1. The minimum absolute atomic E-state index is 0.177. The van der Waals surface area contributed by atoms with Gasteiger partial charge in [0.05, 0.1) is 7.11 Å². The summed E-state index contributed by atoms with van der Waals surface area (Å²) in [6, 6.07) is 14.2. The number of benzene rings is 1. The molecule has 0 unspecified atom stereocenters. The van der Waals surface area contributed by atoms with Gasteiger partial charge in [0.2, 0.25) is 0 Å². The summed E-state index contributed by atoms with van der Waals surface area (Å²) in [6.07, 6.45) is 0. The van der Waals surface area contributed by atoms with Crippen LogP contribution >= 0.6 is 0 Å². The molecule has 2 aromatic heterocycles. The van der Waals surface area contributed by atoms with E-state index in [1.807, 2.05) is 37.3 Å². The zero-order valence-corrected chi connectivity index (χ0v) is 14.6. The van der Waals surface area contributed by atoms with Crippen molar-refractivity contribution in [2.24, 2.45) is 0 Å². The summed E-state index contributed by atoms with van der Waals surface area (Å²) in [7, 11) is 1.51. The van der Waals surface area contributed by atoms with Gasteiger partial charge in [-0.2, -0.15) is 0 Å². The molecule has 7 nitrogen and oxygen atoms in total. The second-order valence-electron chi connectivity index (χ2n) is 5.72. The van der Waals surface area contributed by atoms with E-state index in [0.29, 0.717) is 24.6 Å². The van der Waals surface area contributed by atoms with Crippen LogP contribution in [0.15, 0.2) is 57.8 Å². The zero-order chi connectivity index (χ0) is 18.5. The molecule has 7 heteroatoms. The predicted molar refractivity (Wildman–Crippen MR) is 96.3 cm³/mol. The number of methoxy groups -OCH3 is 1. The van der Waals surface area contributed by atoms with Gasteiger partial charge in [0.25, 0.3) is 11.5 Å². The number of carbonyl (C=O) groups is 1. The second-order valence-corrected chi connectivity index (χ2v) is 5.72. The summed E-state index contributed by atoms with van der Waals surface area (Å²) in [4.78, 5) is 24.3. The molecule has 1 N–H and O–H groups in total. The maximum absolute atomic E-state index is 12.2. The Morgan fingerprint density at radius 1 is 1.23 bits per heavy atom. The first kappa shape index (κ1) is 17.5. The number of nitrogens with zero attached hydrogens (tertiary/aromatic N) is 2. The van der Waals surface area contributed by atoms with E-state index in [1.54, 1.807) is 16.7 Å². The highest BCUT2D eigenvalue weighted by Gasteiger charge is 2.13. The van der Waals surface area contributed by atoms with E-state index < -0.39 is 0 Å². The van der Waals surface area contributed by atoms with Gasteiger partial charge in [-0.05, 0) is 13.0 Å². The second kappa shape index (κ2) is 7.69. The quantitative estimate of drug-likeness (QED) is 0.734. The summed E-state index contributed by atoms with van der Waals surface area (Å²) >= 11 is 0. The van der Waals surface area contributed by atoms with Crippen LogP contribution < -0.4 is 15.6 Å². The standard InChI is InChI=1S/C19H19N3O4/c1-13-10-15(25-2)11-18(23)22(13)9-8-20-19(24)16-12-17(26-21-16)14-6-4-3-5-7-14/h3-7,10-12H,8-9H2,1-2H3,(H,20,24). The van der Waals surface area contributed by atoms with Gasteiger partial charge >= 0.3 is 0 Å². The van der Waals surface area contributed by atoms with Crippen LogP contribution in [0.2, 0.25) is 0 Å². The number of carbonyl (C=O) groups excluding carboxylic acids is 1. The van der Waals surface area contributed by atoms with Crippen molar-refractivity contribution < 1.29 is 14.1 Å². The van der Waals surface area contributed by atoms with Crippen LogP contribution in [0, 0.1) is 6.92 Å². The molecule has 3 aromatic rings. The van der Waals surface area contributed by atoms with Gasteiger partial charge in [-0.15, -0.1) is 0 Å². The summed E-state index contributed by atoms with van der Waals surface area (Å²) in [5.74, 6) is 0.692. The number of amides is 1. The third-order valence-corrected chi connectivity index (χ3v) is 3.97. The Hall–Kier alpha value is -3.35. The van der Waals surface area contributed by atoms with Gasteiger partial charge in [-0.1, -0.05) is 35.5 Å². The molecule has 0 atom stereocenters. The van der Waals surface area contributed by atoms with Gasteiger partial charge in [0, 0.05) is 36.5 Å². The maximum Gasteiger partial charge on any atom is 0.273 e. The normalized spacial score (nSPS) is 10.5. The van der Waals surface area contributed by atoms with Crippen molar-refractivity contribution in [2.75, 3.05) is 13.7 Å². The molecule has 1 aromatic carbocycles. The van der Waals surface area contributed by atoms with Gasteiger partial charge < -0.3 is 19.1 Å². The predicted octanol–water partition coefficient (Wildman–Crippen LogP) is 2.25. The number of hydrogen-bond acceptors (Lipinski definition) is 5. The molecule has 0 saturated carbocycles. The van der Waals surface area contributed by atoms with Crippen LogP contribution in [0.3, 0.4) is 0 Å². The van der Waals surface area contributed by atoms with Crippen LogP contribution in [0.1, 0.15) is 16.2 Å². The average Bonchev–Trinajstić information content (AvgIpc) is 3.14. The molecule has 0 aliphatic rings. The lowest BCUT2D eigenvalue weighted by Gasteiger charge is -2.11. The molecule has 26 heavy (non-hydrogen) atoms. The smallest absolute Gasteiger partial charge is 0.273 e. The zero-order valence-electron chi connectivity index (χ0n) is 14.6. The van der Waals surface area contributed by atoms with E-state index in [0.717, 1.165) is 11.3 Å². The molecule has 2 heterocycles. The van der Waals surface area contributed by atoms with Crippen molar-refractivity contribution in [3.05, 3.63) is 70.3 Å². The Morgan fingerprint density at radius 2 is 2.00 bits per heavy atom. The van der Waals surface area contributed by atoms with Gasteiger partial charge in [-0.3, -0.25) is 9.59 Å². The first-order valence-electron chi connectivity index (χ1n) is 8.14. The summed E-state index contributed by atoms with van der Waals surface area (Å²) in [6.45, 7) is 2.46. The molecule has 0 aliphatic carbocycles. The van der Waals surface area contributed by atoms with Crippen LogP contribution in [-0.2, 0) is 6.54 Å². The van der Waals surface area contributed by atoms with Crippen molar-refractivity contribution in [3.63, 3.8) is 0 Å². The van der Waals surface area contributed by atoms with E-state index >= 15 is 0 Å². The fourth-order valence-corrected chi connectivity index (χ4v) is 2.60. The van der Waals surface area contributed by atoms with Crippen molar-refractivity contribution >= 4 is 5.91 Å². The van der Waals surface area contributed by atoms with Crippen LogP contribution in [0.4, 0.5) is 0 Å². The van der Waals surface area contributed by atoms with E-state index in [4.69, 9.17) is 9.26 Å². The van der Waals surface area contributed by atoms with E-state index in [9.17, 15) is 9.59 Å². The monoisotopic (exact) mass is 353 g/mol. The molecule has 1 amide bonds. The lowest BCUT2D eigenvalue weighted by molar-refractivity contribution is 0.0943. The van der Waals surface area contributed by atoms with E-state index in [1.165, 1.54) is 13.2 Å². The Kier molecular flexibility index (Phi) is 5.17. The number of aryl methyl sites for hydroxylation is 1. The maximum atomic E-state index is 12.2. The lowest BCUT2D eigenvalue weighted by Crippen LogP contribution is -2.31. The molecule has 0 spiro atoms. The fraction of sp³-hybridized carbons (Fsp3) is 0.211. The van der Waals surface area contributed by atoms with Gasteiger partial charge in [0.1, 0.15) is 5.75 Å². The van der Waals surface area contributed by atoms with E-state index in [2.05, 4.69) is 10.5 Å². The fourth-order valence-electron chi connectivity index (χ4n) is 2.60. The Labute approximate surface area is 150 Å². The van der Waals surface area contributed by atoms with Gasteiger partial charge in [-0.25, -0.2) is 0 Å². The van der Waals surface area contributed by atoms with Crippen LogP contribution in [-0.4, -0.2) is 29.3 Å². The highest BCUT2D eigenvalue weighted by molar-refractivity contribution is 5.93. The minimum Gasteiger partial charge on any atom is -0.496 e. The van der Waals surface area contributed by atoms with Crippen molar-refractivity contribution in [3.8, 4) is 17.1 Å². The number of nitrogens with one attached hydrogen (secondary N) is 1. The first-order chi connectivity index (χ1) is 12.6. The number of ether oxygens (including phenoxy) is 1. The number of aromatic nitrogens is 2. The molecule has 0 bridgehead atoms. The summed E-state index contributed by atoms with van der Waals surface area (Å²) in [5.41, 5.74) is 1.63. The molecule has 134 valence electrons. The molecule has 3 rings (SSSR count). The van der Waals surface area contributed by atoms with Gasteiger partial charge in [0.15, 0.2) is 11.5 Å². The molecular formula is C19H19N3O4. The third kappa shape index (κ3) is 3.83. The molecule has 0 saturated heterocycles. The van der Waals surface area contributed by atoms with Crippen molar-refractivity contribution in [2.45, 2.75) is 13.5 Å². The minimum atomic E-state index is -0.352. The Morgan fingerprint density at radius 3 is 2.69 bits per heavy atom. The number of pyridine rings is 1. The SMILES string of the molecule is COc1cc(C)n(CCNC(=O)c2cc(-c3ccccc3)on2)c(=O)c1. The Bertz CT molecular complexity index is 960. The van der Waals surface area contributed by atoms with Crippen molar-refractivity contribution in [1.82, 2.24) is 15.0 Å². The molecular weight excluding hydrogens is 334 g/mol. The highest BCUT2D eigenvalue weighted by atomic mass is 16.5. The first-order valence-corrected chi connectivity index (χ1v) is 8.14. The topological polar surface area (TPSA) is 86.4 Å². The Balaban J connectivity index is 1.62. The largest absolute Gasteiger partial charge is 0.496 e. The third-order valence-electron chi connectivity index (χ3n) is 3.97. The highest BCUT2D eigenvalue weighted by Crippen LogP contribution is 2.19. The molecule has 0 fully saturated rings. The number of rotatable bonds is 6. The molecule has 0 radical (unpaired) electrons. The summed E-state index contributed by atoms with van der Waals surface area (Å²) in [5, 5.41) is 6.55. The molecule has 0 aliphatic heterocycles. The van der Waals surface area contributed by atoms with Crippen LogP contribution in [0.5, 0.6) is 5.75 Å². The average molecular weight is 353 g/mol. The van der Waals surface area contributed by atoms with E-state index in [-0.39, 0.29) is 17.2 Å². The van der Waals surface area contributed by atoms with Crippen molar-refractivity contribution in [1.29, 1.82) is 0 Å². The lowest BCUT2D eigenvalue weighted by atomic mass is 10.1. The van der Waals surface area contributed by atoms with Crippen LogP contribution in [0.25, 0.3) is 11.3 Å².